The van der Waals surface area contributed by atoms with E-state index in [9.17, 15) is 13.2 Å². The van der Waals surface area contributed by atoms with Gasteiger partial charge in [-0.25, -0.2) is 17.7 Å². The molecule has 0 radical (unpaired) electrons. The minimum Gasteiger partial charge on any atom is -0.494 e. The van der Waals surface area contributed by atoms with Crippen molar-refractivity contribution in [1.82, 2.24) is 9.29 Å². The monoisotopic (exact) mass is 564 g/mol. The summed E-state index contributed by atoms with van der Waals surface area (Å²) in [6.07, 6.45) is 3.26. The molecule has 10 heteroatoms. The second-order valence-corrected chi connectivity index (χ2v) is 12.1. The molecule has 0 saturated carbocycles. The first-order chi connectivity index (χ1) is 18.7. The molecule has 0 atom stereocenters. The summed E-state index contributed by atoms with van der Waals surface area (Å²) < 4.78 is 33.6. The lowest BCUT2D eigenvalue weighted by atomic mass is 10.2. The van der Waals surface area contributed by atoms with Gasteiger partial charge in [0.2, 0.25) is 15.2 Å². The van der Waals surface area contributed by atoms with Gasteiger partial charge in [0, 0.05) is 19.2 Å². The van der Waals surface area contributed by atoms with Gasteiger partial charge in [0.1, 0.15) is 5.75 Å². The van der Waals surface area contributed by atoms with Crippen LogP contribution in [0.3, 0.4) is 0 Å². The molecule has 0 aliphatic heterocycles. The first-order valence-electron chi connectivity index (χ1n) is 12.8. The molecule has 0 unspecified atom stereocenters. The van der Waals surface area contributed by atoms with Crippen LogP contribution in [-0.2, 0) is 10.0 Å². The minimum atomic E-state index is -3.64. The molecule has 0 N–H and O–H groups in total. The van der Waals surface area contributed by atoms with Crippen molar-refractivity contribution in [3.8, 4) is 5.75 Å². The second-order valence-electron chi connectivity index (χ2n) is 9.04. The molecule has 0 aliphatic carbocycles. The van der Waals surface area contributed by atoms with Gasteiger partial charge in [0.05, 0.1) is 27.9 Å². The smallest absolute Gasteiger partial charge is 0.280 e. The standard InChI is InChI=1S/C29H32N4O4S2/c1-5-7-18-32(4)39(35,36)25-15-11-23(12-16-25)28(34)33(29-31-26-17-8-21(3)19-27(26)38-29)30-20-22-9-13-24(14-10-22)37-6-2/h8-17,19-20H,5-7,18H2,1-4H3/b30-20+. The number of nitrogens with zero attached hydrogens (tertiary/aromatic N) is 4. The van der Waals surface area contributed by atoms with E-state index in [0.29, 0.717) is 23.8 Å². The highest BCUT2D eigenvalue weighted by Gasteiger charge is 2.24. The Bertz CT molecular complexity index is 1560. The van der Waals surface area contributed by atoms with Crippen LogP contribution in [0.5, 0.6) is 5.75 Å². The topological polar surface area (TPSA) is 92.2 Å². The number of carbonyl (C=O) groups excluding carboxylic acids is 1. The van der Waals surface area contributed by atoms with Gasteiger partial charge in [-0.05, 0) is 92.1 Å². The molecule has 0 bridgehead atoms. The predicted octanol–water partition coefficient (Wildman–Crippen LogP) is 6.10. The Labute approximate surface area is 233 Å². The number of carbonyl (C=O) groups is 1. The molecule has 0 fully saturated rings. The van der Waals surface area contributed by atoms with Crippen molar-refractivity contribution in [2.45, 2.75) is 38.5 Å². The normalized spacial score (nSPS) is 11.9. The van der Waals surface area contributed by atoms with Crippen LogP contribution in [0.1, 0.15) is 48.2 Å². The number of benzene rings is 3. The molecule has 204 valence electrons. The lowest BCUT2D eigenvalue weighted by Crippen LogP contribution is -2.28. The summed E-state index contributed by atoms with van der Waals surface area (Å²) in [5, 5.41) is 6.18. The quantitative estimate of drug-likeness (QED) is 0.162. The Morgan fingerprint density at radius 1 is 1.05 bits per heavy atom. The molecule has 1 heterocycles. The van der Waals surface area contributed by atoms with Gasteiger partial charge in [-0.1, -0.05) is 30.7 Å². The Balaban J connectivity index is 1.66. The Hall–Kier alpha value is -3.60. The fourth-order valence-electron chi connectivity index (χ4n) is 3.81. The Morgan fingerprint density at radius 2 is 1.77 bits per heavy atom. The highest BCUT2D eigenvalue weighted by molar-refractivity contribution is 7.89. The van der Waals surface area contributed by atoms with Crippen LogP contribution in [0, 0.1) is 6.92 Å². The SMILES string of the molecule is CCCCN(C)S(=O)(=O)c1ccc(C(=O)N(/N=C/c2ccc(OCC)cc2)c2nc3ccc(C)cc3s2)cc1. The summed E-state index contributed by atoms with van der Waals surface area (Å²) in [5.74, 6) is 0.329. The highest BCUT2D eigenvalue weighted by Crippen LogP contribution is 2.31. The number of hydrogen-bond donors (Lipinski definition) is 0. The van der Waals surface area contributed by atoms with Crippen molar-refractivity contribution in [2.24, 2.45) is 5.10 Å². The summed E-state index contributed by atoms with van der Waals surface area (Å²) in [6.45, 7) is 6.94. The van der Waals surface area contributed by atoms with Crippen LogP contribution in [0.4, 0.5) is 5.13 Å². The molecule has 0 aliphatic rings. The zero-order valence-electron chi connectivity index (χ0n) is 22.5. The van der Waals surface area contributed by atoms with E-state index in [-0.39, 0.29) is 4.90 Å². The van der Waals surface area contributed by atoms with E-state index in [4.69, 9.17) is 4.74 Å². The Morgan fingerprint density at radius 3 is 2.44 bits per heavy atom. The number of rotatable bonds is 11. The first-order valence-corrected chi connectivity index (χ1v) is 15.0. The van der Waals surface area contributed by atoms with E-state index in [1.807, 2.05) is 63.2 Å². The first kappa shape index (κ1) is 28.4. The summed E-state index contributed by atoms with van der Waals surface area (Å²) in [4.78, 5) is 18.5. The number of ether oxygens (including phenoxy) is 1. The summed E-state index contributed by atoms with van der Waals surface area (Å²) in [6, 6.07) is 19.2. The molecule has 0 spiro atoms. The third-order valence-electron chi connectivity index (χ3n) is 6.06. The van der Waals surface area contributed by atoms with Crippen molar-refractivity contribution < 1.29 is 17.9 Å². The van der Waals surface area contributed by atoms with Gasteiger partial charge in [0.15, 0.2) is 0 Å². The maximum atomic E-state index is 13.7. The van der Waals surface area contributed by atoms with Gasteiger partial charge >= 0.3 is 0 Å². The molecule has 8 nitrogen and oxygen atoms in total. The van der Waals surface area contributed by atoms with E-state index in [1.54, 1.807) is 13.3 Å². The molecular formula is C29H32N4O4S2. The van der Waals surface area contributed by atoms with Crippen LogP contribution in [0.25, 0.3) is 10.2 Å². The van der Waals surface area contributed by atoms with Crippen molar-refractivity contribution in [1.29, 1.82) is 0 Å². The number of aromatic nitrogens is 1. The number of fused-ring (bicyclic) bond motifs is 1. The van der Waals surface area contributed by atoms with Crippen LogP contribution in [-0.4, -0.2) is 50.0 Å². The highest BCUT2D eigenvalue weighted by atomic mass is 32.2. The van der Waals surface area contributed by atoms with Gasteiger partial charge in [0.25, 0.3) is 5.91 Å². The summed E-state index contributed by atoms with van der Waals surface area (Å²) in [5.41, 5.74) is 2.94. The molecule has 4 aromatic rings. The molecule has 1 amide bonds. The number of unbranched alkanes of at least 4 members (excludes halogenated alkanes) is 1. The van der Waals surface area contributed by atoms with Crippen LogP contribution in [0.15, 0.2) is 76.7 Å². The van der Waals surface area contributed by atoms with E-state index >= 15 is 0 Å². The van der Waals surface area contributed by atoms with Gasteiger partial charge in [-0.3, -0.25) is 4.79 Å². The zero-order valence-corrected chi connectivity index (χ0v) is 24.1. The van der Waals surface area contributed by atoms with Crippen LogP contribution >= 0.6 is 11.3 Å². The molecule has 4 rings (SSSR count). The van der Waals surface area contributed by atoms with E-state index in [1.165, 1.54) is 44.9 Å². The number of aryl methyl sites for hydroxylation is 1. The van der Waals surface area contributed by atoms with Gasteiger partial charge in [-0.15, -0.1) is 0 Å². The van der Waals surface area contributed by atoms with E-state index in [2.05, 4.69) is 10.1 Å². The second kappa shape index (κ2) is 12.5. The van der Waals surface area contributed by atoms with E-state index in [0.717, 1.165) is 39.9 Å². The zero-order chi connectivity index (χ0) is 28.0. The number of amides is 1. The van der Waals surface area contributed by atoms with Crippen molar-refractivity contribution in [3.05, 3.63) is 83.4 Å². The summed E-state index contributed by atoms with van der Waals surface area (Å²) >= 11 is 1.36. The largest absolute Gasteiger partial charge is 0.494 e. The molecule has 39 heavy (non-hydrogen) atoms. The molecule has 1 aromatic heterocycles. The number of hydrogen-bond acceptors (Lipinski definition) is 7. The number of sulfonamides is 1. The summed E-state index contributed by atoms with van der Waals surface area (Å²) in [7, 11) is -2.08. The van der Waals surface area contributed by atoms with Crippen LogP contribution < -0.4 is 9.75 Å². The number of anilines is 1. The Kier molecular flexibility index (Phi) is 9.11. The van der Waals surface area contributed by atoms with E-state index < -0.39 is 15.9 Å². The number of hydrazone groups is 1. The molecular weight excluding hydrogens is 532 g/mol. The predicted molar refractivity (Wildman–Crippen MR) is 158 cm³/mol. The third-order valence-corrected chi connectivity index (χ3v) is 8.92. The molecule has 3 aromatic carbocycles. The average Bonchev–Trinajstić information content (AvgIpc) is 3.35. The maximum Gasteiger partial charge on any atom is 0.280 e. The lowest BCUT2D eigenvalue weighted by Gasteiger charge is -2.17. The number of thiazole rings is 1. The van der Waals surface area contributed by atoms with Gasteiger partial charge < -0.3 is 4.74 Å². The average molecular weight is 565 g/mol. The maximum absolute atomic E-state index is 13.7. The van der Waals surface area contributed by atoms with Crippen LogP contribution in [0.2, 0.25) is 0 Å². The fraction of sp³-hybridized carbons (Fsp3) is 0.276. The van der Waals surface area contributed by atoms with Crippen molar-refractivity contribution in [3.63, 3.8) is 0 Å². The molecule has 0 saturated heterocycles. The van der Waals surface area contributed by atoms with Crippen molar-refractivity contribution in [2.75, 3.05) is 25.2 Å². The fourth-order valence-corrected chi connectivity index (χ4v) is 6.04. The van der Waals surface area contributed by atoms with Crippen molar-refractivity contribution >= 4 is 48.8 Å². The lowest BCUT2D eigenvalue weighted by molar-refractivity contribution is 0.0987. The van der Waals surface area contributed by atoms with Gasteiger partial charge in [-0.2, -0.15) is 10.1 Å². The third kappa shape index (κ3) is 6.70. The minimum absolute atomic E-state index is 0.137.